The van der Waals surface area contributed by atoms with E-state index in [1.165, 1.54) is 19.4 Å². The lowest BCUT2D eigenvalue weighted by atomic mass is 10.1. The molecular weight excluding hydrogens is 317 g/mol. The lowest BCUT2D eigenvalue weighted by molar-refractivity contribution is -0.0385. The molecule has 0 bridgehead atoms. The van der Waals surface area contributed by atoms with Crippen LogP contribution >= 0.6 is 23.0 Å². The van der Waals surface area contributed by atoms with Crippen LogP contribution in [0.2, 0.25) is 0 Å². The Morgan fingerprint density at radius 2 is 2.12 bits per heavy atom. The average Bonchev–Trinajstić information content (AvgIpc) is 2.57. The second-order valence-electron chi connectivity index (χ2n) is 5.65. The number of hydrogen-bond acceptors (Lipinski definition) is 3. The Bertz CT molecular complexity index is 206. The highest BCUT2D eigenvalue weighted by Gasteiger charge is 2.25. The molecule has 1 saturated heterocycles. The van der Waals surface area contributed by atoms with Crippen molar-refractivity contribution in [1.82, 2.24) is 4.90 Å². The predicted molar refractivity (Wildman–Crippen MR) is 74.9 cm³/mol. The monoisotopic (exact) mass is 341 g/mol. The van der Waals surface area contributed by atoms with Gasteiger partial charge >= 0.3 is 0 Å². The zero-order valence-corrected chi connectivity index (χ0v) is 13.0. The molecule has 1 heterocycles. The Hall–Kier alpha value is 0.610. The molecule has 0 amide bonds. The third-order valence-corrected chi connectivity index (χ3v) is 3.75. The van der Waals surface area contributed by atoms with E-state index in [0.29, 0.717) is 12.6 Å². The molecule has 1 aliphatic heterocycles. The summed E-state index contributed by atoms with van der Waals surface area (Å²) < 4.78 is 11.3. The zero-order valence-electron chi connectivity index (χ0n) is 10.8. The van der Waals surface area contributed by atoms with Gasteiger partial charge in [-0.15, -0.1) is 0 Å². The lowest BCUT2D eigenvalue weighted by Gasteiger charge is -2.26. The summed E-state index contributed by atoms with van der Waals surface area (Å²) in [5.74, 6) is 0. The lowest BCUT2D eigenvalue weighted by Crippen LogP contribution is -2.33. The van der Waals surface area contributed by atoms with E-state index < -0.39 is 0 Å². The van der Waals surface area contributed by atoms with Gasteiger partial charge in [0.1, 0.15) is 23.0 Å². The maximum Gasteiger partial charge on any atom is 0.110 e. The number of rotatable bonds is 5. The van der Waals surface area contributed by atoms with Crippen LogP contribution in [0.25, 0.3) is 0 Å². The first-order valence-corrected chi connectivity index (χ1v) is 6.92. The predicted octanol–water partition coefficient (Wildman–Crippen LogP) is 3.02. The minimum atomic E-state index is -0.0744. The van der Waals surface area contributed by atoms with Crippen LogP contribution in [-0.4, -0.2) is 42.8 Å². The SMILES string of the molecule is CN1CCCC1CC(COC(C)(C)C)OI. The maximum absolute atomic E-state index is 5.78. The molecule has 96 valence electrons. The fourth-order valence-corrected chi connectivity index (χ4v) is 2.41. The van der Waals surface area contributed by atoms with Crippen molar-refractivity contribution in [3.05, 3.63) is 0 Å². The molecule has 1 fully saturated rings. The molecule has 0 spiro atoms. The maximum atomic E-state index is 5.78. The summed E-state index contributed by atoms with van der Waals surface area (Å²) in [6.45, 7) is 8.16. The van der Waals surface area contributed by atoms with E-state index >= 15 is 0 Å². The summed E-state index contributed by atoms with van der Waals surface area (Å²) in [6, 6.07) is 0.670. The molecule has 0 aromatic carbocycles. The second-order valence-corrected chi connectivity index (χ2v) is 6.16. The molecule has 0 aromatic heterocycles. The van der Waals surface area contributed by atoms with Crippen molar-refractivity contribution in [2.45, 2.75) is 57.8 Å². The van der Waals surface area contributed by atoms with E-state index in [1.54, 1.807) is 0 Å². The summed E-state index contributed by atoms with van der Waals surface area (Å²) in [7, 11) is 2.20. The van der Waals surface area contributed by atoms with Crippen molar-refractivity contribution in [2.75, 3.05) is 20.2 Å². The van der Waals surface area contributed by atoms with Crippen LogP contribution in [0.1, 0.15) is 40.0 Å². The second kappa shape index (κ2) is 6.52. The van der Waals surface area contributed by atoms with Gasteiger partial charge < -0.3 is 12.7 Å². The number of nitrogens with zero attached hydrogens (tertiary/aromatic N) is 1. The van der Waals surface area contributed by atoms with Crippen LogP contribution in [0.3, 0.4) is 0 Å². The van der Waals surface area contributed by atoms with Gasteiger partial charge in [-0.1, -0.05) is 0 Å². The molecule has 2 atom stereocenters. The minimum absolute atomic E-state index is 0.0744. The quantitative estimate of drug-likeness (QED) is 0.718. The van der Waals surface area contributed by atoms with Gasteiger partial charge in [-0.2, -0.15) is 0 Å². The molecule has 0 aromatic rings. The smallest absolute Gasteiger partial charge is 0.110 e. The number of ether oxygens (including phenoxy) is 1. The summed E-state index contributed by atoms with van der Waals surface area (Å²) in [6.07, 6.45) is 3.90. The van der Waals surface area contributed by atoms with Crippen molar-refractivity contribution in [3.63, 3.8) is 0 Å². The largest absolute Gasteiger partial charge is 0.373 e. The van der Waals surface area contributed by atoms with Crippen LogP contribution in [0, 0.1) is 0 Å². The minimum Gasteiger partial charge on any atom is -0.373 e. The topological polar surface area (TPSA) is 21.7 Å². The molecular formula is C12H24INO2. The molecule has 0 N–H and O–H groups in total. The van der Waals surface area contributed by atoms with Gasteiger partial charge in [-0.25, -0.2) is 0 Å². The Morgan fingerprint density at radius 3 is 2.56 bits per heavy atom. The molecule has 1 rings (SSSR count). The molecule has 0 radical (unpaired) electrons. The third kappa shape index (κ3) is 5.29. The van der Waals surface area contributed by atoms with Gasteiger partial charge in [-0.3, -0.25) is 0 Å². The zero-order chi connectivity index (χ0) is 12.2. The molecule has 3 nitrogen and oxygen atoms in total. The Balaban J connectivity index is 2.31. The fraction of sp³-hybridized carbons (Fsp3) is 1.00. The normalized spacial score (nSPS) is 24.9. The van der Waals surface area contributed by atoms with Gasteiger partial charge in [0.05, 0.1) is 18.3 Å². The van der Waals surface area contributed by atoms with Crippen molar-refractivity contribution in [2.24, 2.45) is 0 Å². The molecule has 16 heavy (non-hydrogen) atoms. The molecule has 0 aliphatic carbocycles. The van der Waals surface area contributed by atoms with E-state index in [4.69, 9.17) is 7.80 Å². The Kier molecular flexibility index (Phi) is 5.98. The summed E-state index contributed by atoms with van der Waals surface area (Å²) >= 11 is 2.00. The third-order valence-electron chi connectivity index (χ3n) is 3.03. The van der Waals surface area contributed by atoms with E-state index in [9.17, 15) is 0 Å². The number of likely N-dealkylation sites (tertiary alicyclic amines) is 1. The van der Waals surface area contributed by atoms with Gasteiger partial charge in [0.15, 0.2) is 0 Å². The number of halogens is 1. The molecule has 0 saturated carbocycles. The van der Waals surface area contributed by atoms with E-state index in [2.05, 4.69) is 32.7 Å². The first-order chi connectivity index (χ1) is 7.42. The van der Waals surface area contributed by atoms with E-state index in [0.717, 1.165) is 6.42 Å². The van der Waals surface area contributed by atoms with Crippen LogP contribution in [0.15, 0.2) is 0 Å². The highest BCUT2D eigenvalue weighted by molar-refractivity contribution is 14.1. The molecule has 4 heteroatoms. The van der Waals surface area contributed by atoms with Gasteiger partial charge in [0.25, 0.3) is 0 Å². The van der Waals surface area contributed by atoms with Gasteiger partial charge in [0, 0.05) is 6.04 Å². The Morgan fingerprint density at radius 1 is 1.44 bits per heavy atom. The van der Waals surface area contributed by atoms with Crippen molar-refractivity contribution in [3.8, 4) is 0 Å². The fourth-order valence-electron chi connectivity index (χ4n) is 2.05. The van der Waals surface area contributed by atoms with E-state index in [1.807, 2.05) is 23.0 Å². The number of hydrogen-bond donors (Lipinski definition) is 0. The van der Waals surface area contributed by atoms with Gasteiger partial charge in [-0.05, 0) is 53.6 Å². The molecule has 2 unspecified atom stereocenters. The highest BCUT2D eigenvalue weighted by atomic mass is 127. The standard InChI is InChI=1S/C12H24INO2/c1-12(2,3)15-9-11(16-13)8-10-6-5-7-14(10)4/h10-11H,5-9H2,1-4H3. The average molecular weight is 341 g/mol. The van der Waals surface area contributed by atoms with E-state index in [-0.39, 0.29) is 11.7 Å². The summed E-state index contributed by atoms with van der Waals surface area (Å²) in [5.41, 5.74) is -0.0744. The first kappa shape index (κ1) is 14.7. The molecule has 1 aliphatic rings. The van der Waals surface area contributed by atoms with Crippen molar-refractivity contribution < 1.29 is 7.80 Å². The summed E-state index contributed by atoms with van der Waals surface area (Å²) in [5, 5.41) is 0. The first-order valence-electron chi connectivity index (χ1n) is 6.04. The van der Waals surface area contributed by atoms with Crippen LogP contribution in [-0.2, 0) is 7.80 Å². The summed E-state index contributed by atoms with van der Waals surface area (Å²) in [4.78, 5) is 2.43. The van der Waals surface area contributed by atoms with Crippen molar-refractivity contribution >= 4 is 23.0 Å². The van der Waals surface area contributed by atoms with Crippen LogP contribution in [0.4, 0.5) is 0 Å². The van der Waals surface area contributed by atoms with Crippen molar-refractivity contribution in [1.29, 1.82) is 0 Å². The highest BCUT2D eigenvalue weighted by Crippen LogP contribution is 2.22. The van der Waals surface area contributed by atoms with Gasteiger partial charge in [0.2, 0.25) is 0 Å². The van der Waals surface area contributed by atoms with Crippen LogP contribution < -0.4 is 0 Å². The Labute approximate surface area is 114 Å². The van der Waals surface area contributed by atoms with Crippen LogP contribution in [0.5, 0.6) is 0 Å².